The van der Waals surface area contributed by atoms with Crippen LogP contribution in [0.25, 0.3) is 5.69 Å². The van der Waals surface area contributed by atoms with Crippen molar-refractivity contribution in [2.45, 2.75) is 18.6 Å². The van der Waals surface area contributed by atoms with Gasteiger partial charge in [0.25, 0.3) is 0 Å². The third-order valence-electron chi connectivity index (χ3n) is 4.72. The van der Waals surface area contributed by atoms with Crippen molar-refractivity contribution in [3.8, 4) is 5.69 Å². The summed E-state index contributed by atoms with van der Waals surface area (Å²) in [6.07, 6.45) is 0. The molecule has 0 aliphatic heterocycles. The maximum absolute atomic E-state index is 13.1. The molecule has 0 amide bonds. The zero-order valence-electron chi connectivity index (χ0n) is 17.0. The van der Waals surface area contributed by atoms with E-state index in [2.05, 4.69) is 15.5 Å². The van der Waals surface area contributed by atoms with Crippen molar-refractivity contribution in [3.05, 3.63) is 102 Å². The van der Waals surface area contributed by atoms with Crippen molar-refractivity contribution < 1.29 is 9.18 Å². The Hall–Kier alpha value is -3.45. The molecule has 4 rings (SSSR count). The zero-order chi connectivity index (χ0) is 21.6. The summed E-state index contributed by atoms with van der Waals surface area (Å²) < 4.78 is 15.1. The van der Waals surface area contributed by atoms with E-state index in [-0.39, 0.29) is 17.4 Å². The molecule has 7 heteroatoms. The van der Waals surface area contributed by atoms with E-state index < -0.39 is 0 Å². The first-order valence-corrected chi connectivity index (χ1v) is 10.8. The van der Waals surface area contributed by atoms with Gasteiger partial charge in [-0.05, 0) is 43.3 Å². The molecule has 3 aromatic carbocycles. The van der Waals surface area contributed by atoms with Gasteiger partial charge in [-0.15, -0.1) is 10.2 Å². The molecule has 0 unspecified atom stereocenters. The van der Waals surface area contributed by atoms with E-state index in [9.17, 15) is 9.18 Å². The minimum Gasteiger partial charge on any atom is -0.378 e. The van der Waals surface area contributed by atoms with Gasteiger partial charge in [0.1, 0.15) is 5.82 Å². The first kappa shape index (κ1) is 20.8. The predicted molar refractivity (Wildman–Crippen MR) is 121 cm³/mol. The molecule has 31 heavy (non-hydrogen) atoms. The number of rotatable bonds is 8. The topological polar surface area (TPSA) is 59.8 Å². The molecule has 156 valence electrons. The quantitative estimate of drug-likeness (QED) is 0.302. The lowest BCUT2D eigenvalue weighted by Gasteiger charge is -2.11. The second-order valence-corrected chi connectivity index (χ2v) is 7.95. The number of aromatic nitrogens is 3. The van der Waals surface area contributed by atoms with E-state index in [0.29, 0.717) is 23.1 Å². The predicted octanol–water partition coefficient (Wildman–Crippen LogP) is 5.30. The molecular formula is C24H21FN4OS. The second kappa shape index (κ2) is 9.57. The molecule has 0 saturated heterocycles. The number of carbonyl (C=O) groups is 1. The largest absolute Gasteiger partial charge is 0.378 e. The van der Waals surface area contributed by atoms with Crippen LogP contribution in [0.5, 0.6) is 0 Å². The van der Waals surface area contributed by atoms with Gasteiger partial charge in [0, 0.05) is 16.9 Å². The summed E-state index contributed by atoms with van der Waals surface area (Å²) in [5.41, 5.74) is 3.50. The Morgan fingerprint density at radius 1 is 0.968 bits per heavy atom. The molecule has 0 aliphatic rings. The van der Waals surface area contributed by atoms with Crippen LogP contribution in [0.4, 0.5) is 10.1 Å². The number of Topliss-reactive ketones (excluding diaryl/α,β-unsaturated/α-hetero) is 1. The number of anilines is 1. The van der Waals surface area contributed by atoms with Crippen LogP contribution in [0.2, 0.25) is 0 Å². The lowest BCUT2D eigenvalue weighted by atomic mass is 10.1. The first-order chi connectivity index (χ1) is 15.1. The van der Waals surface area contributed by atoms with Gasteiger partial charge in [0.15, 0.2) is 16.8 Å². The minimum atomic E-state index is -0.282. The number of aryl methyl sites for hydroxylation is 1. The van der Waals surface area contributed by atoms with Crippen LogP contribution >= 0.6 is 11.8 Å². The van der Waals surface area contributed by atoms with Crippen LogP contribution in [0.1, 0.15) is 21.7 Å². The number of hydrogen-bond donors (Lipinski definition) is 1. The molecule has 5 nitrogen and oxygen atoms in total. The number of para-hydroxylation sites is 1. The van der Waals surface area contributed by atoms with Crippen molar-refractivity contribution in [2.24, 2.45) is 0 Å². The summed E-state index contributed by atoms with van der Waals surface area (Å²) in [4.78, 5) is 12.6. The van der Waals surface area contributed by atoms with Crippen LogP contribution in [-0.2, 0) is 6.54 Å². The summed E-state index contributed by atoms with van der Waals surface area (Å²) >= 11 is 1.36. The fourth-order valence-corrected chi connectivity index (χ4v) is 3.91. The average molecular weight is 433 g/mol. The summed E-state index contributed by atoms with van der Waals surface area (Å²) in [5.74, 6) is 0.716. The Labute approximate surface area is 184 Å². The van der Waals surface area contributed by atoms with Gasteiger partial charge >= 0.3 is 0 Å². The molecule has 0 aliphatic carbocycles. The lowest BCUT2D eigenvalue weighted by Crippen LogP contribution is -2.09. The Bertz CT molecular complexity index is 1160. The van der Waals surface area contributed by atoms with Crippen LogP contribution in [0.15, 0.2) is 84.0 Å². The van der Waals surface area contributed by atoms with E-state index in [1.54, 1.807) is 12.1 Å². The Kier molecular flexibility index (Phi) is 6.43. The van der Waals surface area contributed by atoms with Gasteiger partial charge in [-0.1, -0.05) is 59.8 Å². The number of nitrogens with zero attached hydrogens (tertiary/aromatic N) is 3. The van der Waals surface area contributed by atoms with Crippen LogP contribution in [0, 0.1) is 12.7 Å². The third-order valence-corrected chi connectivity index (χ3v) is 5.64. The average Bonchev–Trinajstić information content (AvgIpc) is 3.21. The molecule has 0 bridgehead atoms. The molecule has 0 saturated carbocycles. The van der Waals surface area contributed by atoms with Gasteiger partial charge in [0.2, 0.25) is 0 Å². The van der Waals surface area contributed by atoms with Crippen molar-refractivity contribution in [2.75, 3.05) is 11.1 Å². The number of halogens is 1. The van der Waals surface area contributed by atoms with Gasteiger partial charge in [-0.3, -0.25) is 9.36 Å². The van der Waals surface area contributed by atoms with Crippen LogP contribution < -0.4 is 5.32 Å². The second-order valence-electron chi connectivity index (χ2n) is 7.01. The summed E-state index contributed by atoms with van der Waals surface area (Å²) in [6, 6.07) is 23.5. The number of thioether (sulfide) groups is 1. The van der Waals surface area contributed by atoms with E-state index in [1.165, 1.54) is 23.9 Å². The fourth-order valence-electron chi connectivity index (χ4n) is 3.05. The fraction of sp³-hybridized carbons (Fsp3) is 0.125. The van der Waals surface area contributed by atoms with Gasteiger partial charge in [-0.25, -0.2) is 4.39 Å². The van der Waals surface area contributed by atoms with E-state index in [1.807, 2.05) is 66.1 Å². The molecule has 0 spiro atoms. The van der Waals surface area contributed by atoms with Crippen molar-refractivity contribution >= 4 is 23.2 Å². The maximum atomic E-state index is 13.1. The Morgan fingerprint density at radius 3 is 2.39 bits per heavy atom. The van der Waals surface area contributed by atoms with E-state index in [4.69, 9.17) is 0 Å². The van der Waals surface area contributed by atoms with Crippen molar-refractivity contribution in [1.29, 1.82) is 0 Å². The molecule has 0 atom stereocenters. The molecule has 1 heterocycles. The first-order valence-electron chi connectivity index (χ1n) is 9.82. The normalized spacial score (nSPS) is 10.8. The number of benzene rings is 3. The molecular weight excluding hydrogens is 411 g/mol. The lowest BCUT2D eigenvalue weighted by molar-refractivity contribution is 0.102. The number of nitrogens with one attached hydrogen (secondary N) is 1. The molecule has 1 aromatic heterocycles. The highest BCUT2D eigenvalue weighted by Gasteiger charge is 2.16. The highest BCUT2D eigenvalue weighted by molar-refractivity contribution is 7.99. The maximum Gasteiger partial charge on any atom is 0.196 e. The molecule has 4 aromatic rings. The SMILES string of the molecule is Cc1ccc(C(=O)CSc2nnc(CNc3ccc(F)cc3)n2-c2ccccc2)cc1. The van der Waals surface area contributed by atoms with E-state index >= 15 is 0 Å². The number of ketones is 1. The van der Waals surface area contributed by atoms with Gasteiger partial charge in [0.05, 0.1) is 12.3 Å². The molecule has 0 radical (unpaired) electrons. The zero-order valence-corrected chi connectivity index (χ0v) is 17.8. The highest BCUT2D eigenvalue weighted by atomic mass is 32.2. The van der Waals surface area contributed by atoms with Crippen LogP contribution in [0.3, 0.4) is 0 Å². The Balaban J connectivity index is 1.53. The monoisotopic (exact) mass is 432 g/mol. The van der Waals surface area contributed by atoms with E-state index in [0.717, 1.165) is 16.9 Å². The van der Waals surface area contributed by atoms with Crippen molar-refractivity contribution in [1.82, 2.24) is 14.8 Å². The number of carbonyl (C=O) groups excluding carboxylic acids is 1. The standard InChI is InChI=1S/C24H21FN4OS/c1-17-7-9-18(10-8-17)22(30)16-31-24-28-27-23(29(24)21-5-3-2-4-6-21)15-26-20-13-11-19(25)12-14-20/h2-14,26H,15-16H2,1H3. The molecule has 1 N–H and O–H groups in total. The Morgan fingerprint density at radius 2 is 1.68 bits per heavy atom. The number of hydrogen-bond acceptors (Lipinski definition) is 5. The van der Waals surface area contributed by atoms with Gasteiger partial charge < -0.3 is 5.32 Å². The smallest absolute Gasteiger partial charge is 0.196 e. The minimum absolute atomic E-state index is 0.0404. The summed E-state index contributed by atoms with van der Waals surface area (Å²) in [7, 11) is 0. The third kappa shape index (κ3) is 5.19. The van der Waals surface area contributed by atoms with Crippen LogP contribution in [-0.4, -0.2) is 26.3 Å². The summed E-state index contributed by atoms with van der Waals surface area (Å²) in [6.45, 7) is 2.40. The van der Waals surface area contributed by atoms with Gasteiger partial charge in [-0.2, -0.15) is 0 Å². The van der Waals surface area contributed by atoms with Crippen molar-refractivity contribution in [3.63, 3.8) is 0 Å². The highest BCUT2D eigenvalue weighted by Crippen LogP contribution is 2.24. The molecule has 0 fully saturated rings. The summed E-state index contributed by atoms with van der Waals surface area (Å²) in [5, 5.41) is 12.5.